The molecule has 2 nitrogen and oxygen atoms in total. The second-order valence-electron chi connectivity index (χ2n) is 5.63. The van der Waals surface area contributed by atoms with Crippen molar-refractivity contribution in [2.45, 2.75) is 51.2 Å². The summed E-state index contributed by atoms with van der Waals surface area (Å²) in [4.78, 5) is 2.42. The maximum Gasteiger partial charge on any atom is 0.0802 e. The van der Waals surface area contributed by atoms with Gasteiger partial charge in [-0.05, 0) is 38.8 Å². The molecule has 2 heteroatoms. The van der Waals surface area contributed by atoms with Gasteiger partial charge in [-0.15, -0.1) is 0 Å². The molecule has 0 amide bonds. The average Bonchev–Trinajstić information content (AvgIpc) is 2.90. The summed E-state index contributed by atoms with van der Waals surface area (Å²) in [5, 5.41) is 10.2. The highest BCUT2D eigenvalue weighted by Crippen LogP contribution is 2.24. The monoisotopic (exact) mass is 247 g/mol. The van der Waals surface area contributed by atoms with Crippen LogP contribution in [0.2, 0.25) is 0 Å². The lowest BCUT2D eigenvalue weighted by atomic mass is 10.0. The summed E-state index contributed by atoms with van der Waals surface area (Å²) in [6, 6.07) is 8.96. The van der Waals surface area contributed by atoms with Gasteiger partial charge >= 0.3 is 0 Å². The lowest BCUT2D eigenvalue weighted by Crippen LogP contribution is -2.30. The van der Waals surface area contributed by atoms with Crippen LogP contribution < -0.4 is 0 Å². The third kappa shape index (κ3) is 3.56. The summed E-state index contributed by atoms with van der Waals surface area (Å²) >= 11 is 0. The Morgan fingerprint density at radius 2 is 1.83 bits per heavy atom. The first-order chi connectivity index (χ1) is 8.66. The minimum Gasteiger partial charge on any atom is -0.388 e. The number of aliphatic hydroxyl groups excluding tert-OH is 1. The first-order valence-electron chi connectivity index (χ1n) is 7.11. The summed E-state index contributed by atoms with van der Waals surface area (Å²) < 4.78 is 0. The topological polar surface area (TPSA) is 23.5 Å². The lowest BCUT2D eigenvalue weighted by molar-refractivity contribution is 0.137. The molecule has 1 N–H and O–H groups in total. The number of aryl methyl sites for hydroxylation is 1. The summed E-state index contributed by atoms with van der Waals surface area (Å²) in [7, 11) is 2.19. The predicted octanol–water partition coefficient (Wildman–Crippen LogP) is 3.29. The Morgan fingerprint density at radius 3 is 2.44 bits per heavy atom. The number of benzene rings is 1. The van der Waals surface area contributed by atoms with Crippen LogP contribution in [-0.4, -0.2) is 29.6 Å². The van der Waals surface area contributed by atoms with Gasteiger partial charge in [0.15, 0.2) is 0 Å². The van der Waals surface area contributed by atoms with Crippen molar-refractivity contribution in [1.29, 1.82) is 0 Å². The molecule has 1 atom stereocenters. The van der Waals surface area contributed by atoms with Crippen molar-refractivity contribution in [2.24, 2.45) is 0 Å². The number of hydrogen-bond donors (Lipinski definition) is 1. The Hall–Kier alpha value is -0.860. The largest absolute Gasteiger partial charge is 0.388 e. The fraction of sp³-hybridized carbons (Fsp3) is 0.625. The Kier molecular flexibility index (Phi) is 4.79. The second-order valence-corrected chi connectivity index (χ2v) is 5.63. The SMILES string of the molecule is Cc1ccc(C(O)CCN(C)C2CCCC2)cc1. The third-order valence-corrected chi connectivity index (χ3v) is 4.17. The van der Waals surface area contributed by atoms with Crippen molar-refractivity contribution in [3.05, 3.63) is 35.4 Å². The molecule has 0 saturated heterocycles. The van der Waals surface area contributed by atoms with Crippen molar-refractivity contribution in [2.75, 3.05) is 13.6 Å². The molecule has 1 aromatic carbocycles. The van der Waals surface area contributed by atoms with Gasteiger partial charge in [0.25, 0.3) is 0 Å². The standard InChI is InChI=1S/C16H25NO/c1-13-7-9-14(10-8-13)16(18)11-12-17(2)15-5-3-4-6-15/h7-10,15-16,18H,3-6,11-12H2,1-2H3. The van der Waals surface area contributed by atoms with Gasteiger partial charge in [0.1, 0.15) is 0 Å². The fourth-order valence-electron chi connectivity index (χ4n) is 2.81. The molecule has 0 aromatic heterocycles. The Morgan fingerprint density at radius 1 is 1.22 bits per heavy atom. The van der Waals surface area contributed by atoms with Crippen LogP contribution >= 0.6 is 0 Å². The van der Waals surface area contributed by atoms with Crippen LogP contribution in [0.5, 0.6) is 0 Å². The van der Waals surface area contributed by atoms with Gasteiger partial charge in [-0.2, -0.15) is 0 Å². The van der Waals surface area contributed by atoms with E-state index in [9.17, 15) is 5.11 Å². The molecular weight excluding hydrogens is 222 g/mol. The molecule has 18 heavy (non-hydrogen) atoms. The molecule has 1 aliphatic rings. The van der Waals surface area contributed by atoms with E-state index in [1.165, 1.54) is 31.2 Å². The molecule has 1 unspecified atom stereocenters. The normalized spacial score (nSPS) is 18.4. The molecule has 1 saturated carbocycles. The van der Waals surface area contributed by atoms with Crippen molar-refractivity contribution >= 4 is 0 Å². The fourth-order valence-corrected chi connectivity index (χ4v) is 2.81. The van der Waals surface area contributed by atoms with Crippen LogP contribution in [0.15, 0.2) is 24.3 Å². The Bertz CT molecular complexity index is 354. The van der Waals surface area contributed by atoms with Gasteiger partial charge in [0.2, 0.25) is 0 Å². The third-order valence-electron chi connectivity index (χ3n) is 4.17. The zero-order valence-corrected chi connectivity index (χ0v) is 11.6. The molecule has 0 spiro atoms. The van der Waals surface area contributed by atoms with E-state index in [1.54, 1.807) is 0 Å². The van der Waals surface area contributed by atoms with Crippen LogP contribution in [-0.2, 0) is 0 Å². The minimum absolute atomic E-state index is 0.325. The van der Waals surface area contributed by atoms with Gasteiger partial charge in [-0.3, -0.25) is 0 Å². The van der Waals surface area contributed by atoms with Crippen molar-refractivity contribution in [3.8, 4) is 0 Å². The van der Waals surface area contributed by atoms with E-state index in [4.69, 9.17) is 0 Å². The summed E-state index contributed by atoms with van der Waals surface area (Å²) in [5.74, 6) is 0. The van der Waals surface area contributed by atoms with Crippen LogP contribution in [0.4, 0.5) is 0 Å². The lowest BCUT2D eigenvalue weighted by Gasteiger charge is -2.25. The highest BCUT2D eigenvalue weighted by Gasteiger charge is 2.20. The molecule has 0 aliphatic heterocycles. The molecule has 0 bridgehead atoms. The maximum absolute atomic E-state index is 10.2. The summed E-state index contributed by atoms with van der Waals surface area (Å²) in [6.07, 6.45) is 5.91. The smallest absolute Gasteiger partial charge is 0.0802 e. The zero-order chi connectivity index (χ0) is 13.0. The van der Waals surface area contributed by atoms with Crippen LogP contribution in [0.1, 0.15) is 49.3 Å². The highest BCUT2D eigenvalue weighted by molar-refractivity contribution is 5.23. The van der Waals surface area contributed by atoms with Crippen molar-refractivity contribution < 1.29 is 5.11 Å². The molecule has 100 valence electrons. The highest BCUT2D eigenvalue weighted by atomic mass is 16.3. The minimum atomic E-state index is -0.325. The molecule has 1 aromatic rings. The molecular formula is C16H25NO. The maximum atomic E-state index is 10.2. The average molecular weight is 247 g/mol. The van der Waals surface area contributed by atoms with Crippen molar-refractivity contribution in [3.63, 3.8) is 0 Å². The van der Waals surface area contributed by atoms with E-state index in [2.05, 4.69) is 31.0 Å². The number of rotatable bonds is 5. The molecule has 0 heterocycles. The number of hydrogen-bond acceptors (Lipinski definition) is 2. The Labute approximate surface area is 111 Å². The van der Waals surface area contributed by atoms with E-state index in [-0.39, 0.29) is 6.10 Å². The van der Waals surface area contributed by atoms with Crippen LogP contribution in [0, 0.1) is 6.92 Å². The van der Waals surface area contributed by atoms with Gasteiger partial charge in [-0.1, -0.05) is 42.7 Å². The van der Waals surface area contributed by atoms with E-state index in [1.807, 2.05) is 12.1 Å². The number of nitrogens with zero attached hydrogens (tertiary/aromatic N) is 1. The second kappa shape index (κ2) is 6.35. The van der Waals surface area contributed by atoms with E-state index in [0.29, 0.717) is 0 Å². The predicted molar refractivity (Wildman–Crippen MR) is 75.6 cm³/mol. The van der Waals surface area contributed by atoms with Gasteiger partial charge in [-0.25, -0.2) is 0 Å². The van der Waals surface area contributed by atoms with Crippen molar-refractivity contribution in [1.82, 2.24) is 4.90 Å². The Balaban J connectivity index is 1.80. The quantitative estimate of drug-likeness (QED) is 0.863. The van der Waals surface area contributed by atoms with Gasteiger partial charge < -0.3 is 10.0 Å². The van der Waals surface area contributed by atoms with Gasteiger partial charge in [0.05, 0.1) is 6.10 Å². The van der Waals surface area contributed by atoms with Crippen LogP contribution in [0.25, 0.3) is 0 Å². The van der Waals surface area contributed by atoms with E-state index in [0.717, 1.165) is 24.6 Å². The number of aliphatic hydroxyl groups is 1. The molecule has 1 fully saturated rings. The molecule has 2 rings (SSSR count). The summed E-state index contributed by atoms with van der Waals surface area (Å²) in [6.45, 7) is 3.06. The van der Waals surface area contributed by atoms with E-state index < -0.39 is 0 Å². The molecule has 1 aliphatic carbocycles. The van der Waals surface area contributed by atoms with E-state index >= 15 is 0 Å². The first-order valence-corrected chi connectivity index (χ1v) is 7.11. The first kappa shape index (κ1) is 13.6. The zero-order valence-electron chi connectivity index (χ0n) is 11.6. The summed E-state index contributed by atoms with van der Waals surface area (Å²) in [5.41, 5.74) is 2.29. The van der Waals surface area contributed by atoms with Crippen LogP contribution in [0.3, 0.4) is 0 Å². The van der Waals surface area contributed by atoms with Gasteiger partial charge in [0, 0.05) is 12.6 Å². The molecule has 0 radical (unpaired) electrons.